The lowest BCUT2D eigenvalue weighted by Crippen LogP contribution is -2.49. The largest absolute Gasteiger partial charge is 0.460 e. The zero-order valence-electron chi connectivity index (χ0n) is 16.1. The van der Waals surface area contributed by atoms with Crippen molar-refractivity contribution < 1.29 is 19.0 Å². The Kier molecular flexibility index (Phi) is 4.82. The van der Waals surface area contributed by atoms with E-state index in [0.29, 0.717) is 39.0 Å². The van der Waals surface area contributed by atoms with Gasteiger partial charge in [0.1, 0.15) is 6.10 Å². The van der Waals surface area contributed by atoms with Crippen molar-refractivity contribution in [2.45, 2.75) is 38.0 Å². The van der Waals surface area contributed by atoms with E-state index in [1.165, 1.54) is 0 Å². The maximum atomic E-state index is 12.8. The molecule has 4 heterocycles. The number of hydrogen-bond acceptors (Lipinski definition) is 6. The molecule has 5 rings (SSSR count). The summed E-state index contributed by atoms with van der Waals surface area (Å²) in [6, 6.07) is 8.36. The molecule has 28 heavy (non-hydrogen) atoms. The van der Waals surface area contributed by atoms with Crippen molar-refractivity contribution >= 4 is 17.0 Å². The van der Waals surface area contributed by atoms with Crippen LogP contribution in [0.5, 0.6) is 0 Å². The summed E-state index contributed by atoms with van der Waals surface area (Å²) < 4.78 is 19.2. The molecular weight excluding hydrogens is 358 g/mol. The van der Waals surface area contributed by atoms with Crippen molar-refractivity contribution in [1.29, 1.82) is 0 Å². The van der Waals surface area contributed by atoms with Crippen molar-refractivity contribution in [2.75, 3.05) is 39.5 Å². The van der Waals surface area contributed by atoms with E-state index in [4.69, 9.17) is 14.2 Å². The minimum Gasteiger partial charge on any atom is -0.460 e. The van der Waals surface area contributed by atoms with Gasteiger partial charge in [-0.15, -0.1) is 0 Å². The maximum absolute atomic E-state index is 12.8. The normalized spacial score (nSPS) is 26.6. The second-order valence-corrected chi connectivity index (χ2v) is 8.24. The first kappa shape index (κ1) is 18.1. The van der Waals surface area contributed by atoms with Gasteiger partial charge in [-0.3, -0.25) is 9.69 Å². The Hall–Kier alpha value is -1.96. The average Bonchev–Trinajstić information content (AvgIpc) is 3.11. The molecule has 0 radical (unpaired) electrons. The summed E-state index contributed by atoms with van der Waals surface area (Å²) >= 11 is 0. The van der Waals surface area contributed by atoms with Gasteiger partial charge < -0.3 is 18.8 Å². The molecule has 0 bridgehead atoms. The van der Waals surface area contributed by atoms with Gasteiger partial charge >= 0.3 is 5.97 Å². The predicted molar refractivity (Wildman–Crippen MR) is 103 cm³/mol. The predicted octanol–water partition coefficient (Wildman–Crippen LogP) is 1.85. The summed E-state index contributed by atoms with van der Waals surface area (Å²) in [6.45, 7) is 5.24. The van der Waals surface area contributed by atoms with Crippen LogP contribution in [0, 0.1) is 5.41 Å². The lowest BCUT2D eigenvalue weighted by atomic mass is 9.75. The first-order chi connectivity index (χ1) is 13.7. The molecule has 7 nitrogen and oxygen atoms in total. The number of rotatable bonds is 3. The number of aromatic nitrogens is 2. The van der Waals surface area contributed by atoms with E-state index in [2.05, 4.69) is 20.5 Å². The number of para-hydroxylation sites is 2. The van der Waals surface area contributed by atoms with E-state index in [1.807, 2.05) is 24.5 Å². The highest BCUT2D eigenvalue weighted by molar-refractivity contribution is 5.79. The van der Waals surface area contributed by atoms with Crippen LogP contribution in [-0.4, -0.2) is 72.1 Å². The fourth-order valence-corrected chi connectivity index (χ4v) is 4.86. The standard InChI is InChI=1S/C21H27N3O4/c25-20-21(5-7-23(8-6-21)16-13-26-9-10-27-14-16)11-17(28-20)12-24-15-22-18-3-1-2-4-19(18)24/h1-4,15-17H,5-14H2. The number of piperidine rings is 1. The molecule has 0 aliphatic carbocycles. The number of carbonyl (C=O) groups excluding carboxylic acids is 1. The molecule has 1 aromatic carbocycles. The van der Waals surface area contributed by atoms with Crippen molar-refractivity contribution in [1.82, 2.24) is 14.5 Å². The van der Waals surface area contributed by atoms with Gasteiger partial charge in [0.25, 0.3) is 0 Å². The third-order valence-electron chi connectivity index (χ3n) is 6.52. The quantitative estimate of drug-likeness (QED) is 0.752. The number of imidazole rings is 1. The highest BCUT2D eigenvalue weighted by Gasteiger charge is 2.51. The second kappa shape index (κ2) is 7.46. The van der Waals surface area contributed by atoms with Gasteiger partial charge in [-0.05, 0) is 38.1 Å². The van der Waals surface area contributed by atoms with Gasteiger partial charge in [-0.25, -0.2) is 4.98 Å². The molecule has 0 amide bonds. The molecule has 1 unspecified atom stereocenters. The molecule has 7 heteroatoms. The van der Waals surface area contributed by atoms with E-state index in [9.17, 15) is 4.79 Å². The van der Waals surface area contributed by atoms with Gasteiger partial charge in [-0.1, -0.05) is 12.1 Å². The van der Waals surface area contributed by atoms with Crippen LogP contribution < -0.4 is 0 Å². The van der Waals surface area contributed by atoms with Gasteiger partial charge in [0.2, 0.25) is 0 Å². The van der Waals surface area contributed by atoms with Crippen LogP contribution >= 0.6 is 0 Å². The summed E-state index contributed by atoms with van der Waals surface area (Å²) in [7, 11) is 0. The first-order valence-electron chi connectivity index (χ1n) is 10.2. The van der Waals surface area contributed by atoms with Gasteiger partial charge in [-0.2, -0.15) is 0 Å². The molecule has 3 saturated heterocycles. The van der Waals surface area contributed by atoms with E-state index >= 15 is 0 Å². The molecule has 2 aromatic rings. The average molecular weight is 385 g/mol. The third kappa shape index (κ3) is 3.32. The molecule has 3 fully saturated rings. The number of nitrogens with zero attached hydrogens (tertiary/aromatic N) is 3. The lowest BCUT2D eigenvalue weighted by Gasteiger charge is -2.40. The van der Waals surface area contributed by atoms with Crippen LogP contribution in [0.25, 0.3) is 11.0 Å². The van der Waals surface area contributed by atoms with Crippen LogP contribution in [0.3, 0.4) is 0 Å². The van der Waals surface area contributed by atoms with Crippen LogP contribution in [0.1, 0.15) is 19.3 Å². The number of ether oxygens (including phenoxy) is 3. The Bertz CT molecular complexity index is 835. The minimum absolute atomic E-state index is 0.0186. The van der Waals surface area contributed by atoms with E-state index in [1.54, 1.807) is 0 Å². The first-order valence-corrected chi connectivity index (χ1v) is 10.2. The summed E-state index contributed by atoms with van der Waals surface area (Å²) in [5, 5.41) is 0. The van der Waals surface area contributed by atoms with Crippen LogP contribution in [0.2, 0.25) is 0 Å². The number of carbonyl (C=O) groups is 1. The van der Waals surface area contributed by atoms with Gasteiger partial charge in [0, 0.05) is 6.42 Å². The van der Waals surface area contributed by atoms with Gasteiger partial charge in [0.15, 0.2) is 0 Å². The van der Waals surface area contributed by atoms with Crippen molar-refractivity contribution in [2.24, 2.45) is 5.41 Å². The van der Waals surface area contributed by atoms with Crippen molar-refractivity contribution in [3.63, 3.8) is 0 Å². The Morgan fingerprint density at radius 1 is 1.11 bits per heavy atom. The van der Waals surface area contributed by atoms with Gasteiger partial charge in [0.05, 0.1) is 61.8 Å². The number of likely N-dealkylation sites (tertiary alicyclic amines) is 1. The summed E-state index contributed by atoms with van der Waals surface area (Å²) in [4.78, 5) is 19.6. The van der Waals surface area contributed by atoms with Crippen molar-refractivity contribution in [3.8, 4) is 0 Å². The maximum Gasteiger partial charge on any atom is 0.312 e. The molecule has 1 atom stereocenters. The SMILES string of the molecule is O=C1OC(Cn2cnc3ccccc32)CC12CCN(C1COCCOC1)CC2. The highest BCUT2D eigenvalue weighted by atomic mass is 16.6. The second-order valence-electron chi connectivity index (χ2n) is 8.24. The number of benzene rings is 1. The molecule has 3 aliphatic heterocycles. The summed E-state index contributed by atoms with van der Waals surface area (Å²) in [5.74, 6) is -0.0186. The molecule has 0 N–H and O–H groups in total. The van der Waals surface area contributed by atoms with E-state index < -0.39 is 0 Å². The van der Waals surface area contributed by atoms with Crippen LogP contribution in [-0.2, 0) is 25.5 Å². The zero-order valence-corrected chi connectivity index (χ0v) is 16.1. The molecule has 1 spiro atoms. The molecule has 0 saturated carbocycles. The highest BCUT2D eigenvalue weighted by Crippen LogP contribution is 2.44. The lowest BCUT2D eigenvalue weighted by molar-refractivity contribution is -0.151. The number of esters is 1. The minimum atomic E-state index is -0.329. The van der Waals surface area contributed by atoms with Crippen molar-refractivity contribution in [3.05, 3.63) is 30.6 Å². The van der Waals surface area contributed by atoms with E-state index in [-0.39, 0.29) is 17.5 Å². The Labute approximate surface area is 164 Å². The summed E-state index contributed by atoms with van der Waals surface area (Å²) in [6.07, 6.45) is 4.26. The number of fused-ring (bicyclic) bond motifs is 1. The Balaban J connectivity index is 1.23. The molecule has 150 valence electrons. The molecule has 1 aromatic heterocycles. The topological polar surface area (TPSA) is 65.8 Å². The smallest absolute Gasteiger partial charge is 0.312 e. The fraction of sp³-hybridized carbons (Fsp3) is 0.619. The summed E-state index contributed by atoms with van der Waals surface area (Å²) in [5.41, 5.74) is 1.73. The Morgan fingerprint density at radius 3 is 2.64 bits per heavy atom. The van der Waals surface area contributed by atoms with E-state index in [0.717, 1.165) is 43.4 Å². The molecular formula is C21H27N3O4. The number of hydrogen-bond donors (Lipinski definition) is 0. The third-order valence-corrected chi connectivity index (χ3v) is 6.52. The fourth-order valence-electron chi connectivity index (χ4n) is 4.86. The van der Waals surface area contributed by atoms with Crippen LogP contribution in [0.4, 0.5) is 0 Å². The number of cyclic esters (lactones) is 1. The van der Waals surface area contributed by atoms with Crippen LogP contribution in [0.15, 0.2) is 30.6 Å². The monoisotopic (exact) mass is 385 g/mol. The zero-order chi connectivity index (χ0) is 19.0. The molecule has 3 aliphatic rings. The Morgan fingerprint density at radius 2 is 1.86 bits per heavy atom.